The second-order valence-electron chi connectivity index (χ2n) is 6.99. The normalized spacial score (nSPS) is 11.3. The van der Waals surface area contributed by atoms with Crippen molar-refractivity contribution >= 4 is 51.7 Å². The summed E-state index contributed by atoms with van der Waals surface area (Å²) < 4.78 is 2.03. The molecule has 0 saturated carbocycles. The third-order valence-electron chi connectivity index (χ3n) is 5.17. The van der Waals surface area contributed by atoms with Crippen LogP contribution in [0.3, 0.4) is 0 Å². The van der Waals surface area contributed by atoms with E-state index >= 15 is 0 Å². The van der Waals surface area contributed by atoms with Crippen molar-refractivity contribution in [1.82, 2.24) is 5.32 Å². The first-order valence-corrected chi connectivity index (χ1v) is 13.0. The van der Waals surface area contributed by atoms with Gasteiger partial charge in [0, 0.05) is 9.65 Å². The van der Waals surface area contributed by atoms with Gasteiger partial charge in [-0.2, -0.15) is 0 Å². The van der Waals surface area contributed by atoms with Gasteiger partial charge in [0.2, 0.25) is 0 Å². The van der Waals surface area contributed by atoms with Crippen molar-refractivity contribution in [2.24, 2.45) is 0 Å². The van der Waals surface area contributed by atoms with Gasteiger partial charge in [-0.25, -0.2) is 0 Å². The van der Waals surface area contributed by atoms with E-state index in [0.29, 0.717) is 5.56 Å². The van der Waals surface area contributed by atoms with Crippen LogP contribution < -0.4 is 45.2 Å². The minimum Gasteiger partial charge on any atom is -1.00 e. The quantitative estimate of drug-likeness (QED) is 0.250. The fourth-order valence-electron chi connectivity index (χ4n) is 3.78. The highest BCUT2D eigenvalue weighted by atomic mass is 127. The number of halogens is 2. The Labute approximate surface area is 220 Å². The zero-order valence-corrected chi connectivity index (χ0v) is 22.4. The minimum atomic E-state index is -2.32. The summed E-state index contributed by atoms with van der Waals surface area (Å²) in [5.41, 5.74) is 1.57. The molecule has 0 heterocycles. The van der Waals surface area contributed by atoms with Gasteiger partial charge in [0.25, 0.3) is 5.91 Å². The van der Waals surface area contributed by atoms with Crippen molar-refractivity contribution in [3.05, 3.63) is 136 Å². The van der Waals surface area contributed by atoms with Crippen LogP contribution in [0.5, 0.6) is 0 Å². The summed E-state index contributed by atoms with van der Waals surface area (Å²) in [5.74, 6) is -0.101. The number of benzene rings is 4. The lowest BCUT2D eigenvalue weighted by molar-refractivity contribution is -0.0000141. The molecular formula is C27H22I2NOP. The molecular weight excluding hydrogens is 639 g/mol. The molecule has 0 fully saturated rings. The van der Waals surface area contributed by atoms with Gasteiger partial charge in [-0.15, -0.1) is 0 Å². The molecule has 0 atom stereocenters. The molecule has 1 N–H and O–H groups in total. The Morgan fingerprint density at radius 2 is 0.969 bits per heavy atom. The van der Waals surface area contributed by atoms with Crippen LogP contribution in [0.4, 0.5) is 0 Å². The van der Waals surface area contributed by atoms with Crippen molar-refractivity contribution in [3.8, 4) is 0 Å². The van der Waals surface area contributed by atoms with E-state index in [9.17, 15) is 4.79 Å². The summed E-state index contributed by atoms with van der Waals surface area (Å²) in [6.07, 6.45) is 0. The Morgan fingerprint density at radius 1 is 0.625 bits per heavy atom. The van der Waals surface area contributed by atoms with Gasteiger partial charge in [0.1, 0.15) is 15.9 Å². The largest absolute Gasteiger partial charge is 1.00 e. The number of hydrogen-bond acceptors (Lipinski definition) is 1. The maximum absolute atomic E-state index is 13.2. The Balaban J connectivity index is 0.00000289. The lowest BCUT2D eigenvalue weighted by Crippen LogP contribution is -3.00. The van der Waals surface area contributed by atoms with Crippen LogP contribution in [0.25, 0.3) is 0 Å². The fourth-order valence-corrected chi connectivity index (χ4v) is 9.19. The van der Waals surface area contributed by atoms with Crippen molar-refractivity contribution in [2.45, 2.75) is 0 Å². The summed E-state index contributed by atoms with van der Waals surface area (Å²) in [4.78, 5) is 13.2. The predicted molar refractivity (Wildman–Crippen MR) is 141 cm³/mol. The van der Waals surface area contributed by atoms with Crippen LogP contribution in [0.2, 0.25) is 0 Å². The number of nitrogens with one attached hydrogen (secondary N) is 1. The standard InChI is InChI=1S/C27H21INOP.HI/c28-21-26(29-27(30)22-13-5-1-6-14-22)31(23-15-7-2-8-16-23,24-17-9-3-10-18-24)25-19-11-4-12-20-25;/h1-21H;1H. The highest BCUT2D eigenvalue weighted by Crippen LogP contribution is 2.61. The molecule has 0 aliphatic rings. The molecule has 0 aliphatic carbocycles. The van der Waals surface area contributed by atoms with Crippen LogP contribution in [-0.2, 0) is 0 Å². The summed E-state index contributed by atoms with van der Waals surface area (Å²) >= 11 is 2.26. The SMILES string of the molecule is O=C(NC(=CI)[P+](c1ccccc1)(c1ccccc1)c1ccccc1)c1ccccc1.[I-]. The summed E-state index contributed by atoms with van der Waals surface area (Å²) in [7, 11) is -2.32. The summed E-state index contributed by atoms with van der Waals surface area (Å²) in [6, 6.07) is 40.9. The molecule has 4 rings (SSSR count). The van der Waals surface area contributed by atoms with Crippen molar-refractivity contribution in [2.75, 3.05) is 0 Å². The summed E-state index contributed by atoms with van der Waals surface area (Å²) in [5, 5.41) is 6.88. The molecule has 0 aromatic heterocycles. The lowest BCUT2D eigenvalue weighted by atomic mass is 10.2. The maximum Gasteiger partial charge on any atom is 0.258 e. The molecule has 160 valence electrons. The second kappa shape index (κ2) is 11.7. The maximum atomic E-state index is 13.2. The molecule has 0 unspecified atom stereocenters. The van der Waals surface area contributed by atoms with E-state index in [2.05, 4.69) is 101 Å². The number of rotatable bonds is 6. The van der Waals surface area contributed by atoms with Crippen molar-refractivity contribution in [1.29, 1.82) is 0 Å². The molecule has 0 spiro atoms. The van der Waals surface area contributed by atoms with E-state index in [-0.39, 0.29) is 29.9 Å². The van der Waals surface area contributed by atoms with E-state index in [1.807, 2.05) is 52.6 Å². The molecule has 4 aromatic carbocycles. The number of carbonyl (C=O) groups is 1. The first kappa shape index (κ1) is 24.6. The monoisotopic (exact) mass is 661 g/mol. The molecule has 5 heteroatoms. The van der Waals surface area contributed by atoms with Crippen LogP contribution in [0.1, 0.15) is 10.4 Å². The van der Waals surface area contributed by atoms with E-state index < -0.39 is 7.26 Å². The third-order valence-corrected chi connectivity index (χ3v) is 10.5. The average Bonchev–Trinajstić information content (AvgIpc) is 2.86. The Morgan fingerprint density at radius 3 is 1.31 bits per heavy atom. The molecule has 0 saturated heterocycles. The van der Waals surface area contributed by atoms with Crippen LogP contribution >= 0.6 is 29.9 Å². The van der Waals surface area contributed by atoms with E-state index in [1.165, 1.54) is 15.9 Å². The van der Waals surface area contributed by atoms with Crippen molar-refractivity contribution < 1.29 is 28.8 Å². The van der Waals surface area contributed by atoms with E-state index in [4.69, 9.17) is 0 Å². The molecule has 4 aromatic rings. The van der Waals surface area contributed by atoms with E-state index in [0.717, 1.165) is 5.44 Å². The second-order valence-corrected chi connectivity index (χ2v) is 11.0. The van der Waals surface area contributed by atoms with E-state index in [1.54, 1.807) is 0 Å². The zero-order chi connectivity index (χ0) is 21.5. The fraction of sp³-hybridized carbons (Fsp3) is 0. The van der Waals surface area contributed by atoms with Crippen molar-refractivity contribution in [3.63, 3.8) is 0 Å². The molecule has 2 nitrogen and oxygen atoms in total. The third kappa shape index (κ3) is 4.98. The van der Waals surface area contributed by atoms with Crippen LogP contribution in [0, 0.1) is 0 Å². The number of amides is 1. The van der Waals surface area contributed by atoms with Gasteiger partial charge >= 0.3 is 0 Å². The molecule has 32 heavy (non-hydrogen) atoms. The predicted octanol–water partition coefficient (Wildman–Crippen LogP) is 2.65. The van der Waals surface area contributed by atoms with Crippen LogP contribution in [-0.4, -0.2) is 5.91 Å². The number of hydrogen-bond donors (Lipinski definition) is 1. The van der Waals surface area contributed by atoms with Gasteiger partial charge in [-0.1, -0.05) is 72.8 Å². The smallest absolute Gasteiger partial charge is 0.258 e. The Bertz CT molecular complexity index is 1070. The van der Waals surface area contributed by atoms with Gasteiger partial charge < -0.3 is 24.0 Å². The first-order chi connectivity index (χ1) is 15.3. The first-order valence-electron chi connectivity index (χ1n) is 10.00. The average molecular weight is 661 g/mol. The highest BCUT2D eigenvalue weighted by Gasteiger charge is 2.50. The molecule has 0 aliphatic heterocycles. The number of carbonyl (C=O) groups excluding carboxylic acids is 1. The Kier molecular flexibility index (Phi) is 9.02. The van der Waals surface area contributed by atoms with Crippen LogP contribution in [0.15, 0.2) is 131 Å². The summed E-state index contributed by atoms with van der Waals surface area (Å²) in [6.45, 7) is 0. The van der Waals surface area contributed by atoms with Gasteiger partial charge in [0.15, 0.2) is 12.7 Å². The van der Waals surface area contributed by atoms with Gasteiger partial charge in [-0.3, -0.25) is 10.1 Å². The minimum absolute atomic E-state index is 0. The lowest BCUT2D eigenvalue weighted by Gasteiger charge is -2.29. The van der Waals surface area contributed by atoms with Gasteiger partial charge in [-0.05, 0) is 71.1 Å². The van der Waals surface area contributed by atoms with Gasteiger partial charge in [0.05, 0.1) is 0 Å². The molecule has 0 bridgehead atoms. The molecule has 0 radical (unpaired) electrons. The molecule has 1 amide bonds. The zero-order valence-electron chi connectivity index (χ0n) is 17.2. The Hall–Kier alpha value is -2.02. The topological polar surface area (TPSA) is 29.1 Å². The highest BCUT2D eigenvalue weighted by molar-refractivity contribution is 14.1.